The summed E-state index contributed by atoms with van der Waals surface area (Å²) in [6.45, 7) is 0. The van der Waals surface area contributed by atoms with Crippen LogP contribution in [-0.4, -0.2) is 23.1 Å². The third kappa shape index (κ3) is 2.14. The lowest BCUT2D eigenvalue weighted by Crippen LogP contribution is -2.62. The Bertz CT molecular complexity index is 223. The van der Waals surface area contributed by atoms with E-state index in [1.165, 1.54) is 12.8 Å². The Morgan fingerprint density at radius 3 is 1.56 bits per heavy atom. The van der Waals surface area contributed by atoms with Crippen molar-refractivity contribution in [2.75, 3.05) is 0 Å². The van der Waals surface area contributed by atoms with E-state index in [1.54, 1.807) is 0 Å². The molecule has 2 radical (unpaired) electrons. The van der Waals surface area contributed by atoms with E-state index in [9.17, 15) is 26.3 Å². The van der Waals surface area contributed by atoms with E-state index in [0.29, 0.717) is 6.42 Å². The summed E-state index contributed by atoms with van der Waals surface area (Å²) in [6.07, 6.45) is -9.25. The predicted molar refractivity (Wildman–Crippen MR) is 43.0 cm³/mol. The van der Waals surface area contributed by atoms with Crippen LogP contribution in [0.2, 0.25) is 0 Å². The number of rotatable bonds is 1. The molecule has 0 aromatic carbocycles. The third-order valence-corrected chi connectivity index (χ3v) is 2.69. The van der Waals surface area contributed by atoms with Crippen molar-refractivity contribution in [3.8, 4) is 0 Å². The van der Waals surface area contributed by atoms with Gasteiger partial charge in [0.1, 0.15) is 0 Å². The highest BCUT2D eigenvalue weighted by Gasteiger charge is 2.73. The first kappa shape index (κ1) is 13.6. The van der Waals surface area contributed by atoms with Crippen LogP contribution in [0.1, 0.15) is 19.3 Å². The van der Waals surface area contributed by atoms with Gasteiger partial charge in [-0.25, -0.2) is 0 Å². The van der Waals surface area contributed by atoms with E-state index in [0.717, 1.165) is 0 Å². The Morgan fingerprint density at radius 2 is 1.25 bits per heavy atom. The van der Waals surface area contributed by atoms with Crippen molar-refractivity contribution >= 4 is 0 Å². The molecule has 0 amide bonds. The molecule has 0 aromatic heterocycles. The maximum atomic E-state index is 12.4. The summed E-state index contributed by atoms with van der Waals surface area (Å²) in [5.41, 5.74) is -4.62. The van der Waals surface area contributed by atoms with Crippen molar-refractivity contribution in [2.45, 2.75) is 37.2 Å². The van der Waals surface area contributed by atoms with Crippen molar-refractivity contribution in [3.63, 3.8) is 0 Å². The Balaban J connectivity index is 3.04. The first-order valence-corrected chi connectivity index (χ1v) is 4.60. The monoisotopic (exact) mass is 248 g/mol. The van der Waals surface area contributed by atoms with E-state index in [-0.39, 0.29) is 0 Å². The predicted octanol–water partition coefficient (Wildman–Crippen LogP) is 3.05. The van der Waals surface area contributed by atoms with E-state index >= 15 is 0 Å². The lowest BCUT2D eigenvalue weighted by Gasteiger charge is -2.40. The standard InChI is InChI=1S/C9H10F6O/c10-8(11,12)7(16,9(13,14)15)6-4-2-1-3-5-6/h2-3,6,16H,1,4-5H2. The van der Waals surface area contributed by atoms with E-state index in [1.807, 2.05) is 0 Å². The van der Waals surface area contributed by atoms with Crippen LogP contribution < -0.4 is 0 Å². The minimum absolute atomic E-state index is 0.363. The lowest BCUT2D eigenvalue weighted by molar-refractivity contribution is -0.385. The second-order valence-corrected chi connectivity index (χ2v) is 3.74. The Hall–Kier alpha value is -0.460. The highest BCUT2D eigenvalue weighted by atomic mass is 19.4. The highest BCUT2D eigenvalue weighted by molar-refractivity contribution is 5.04. The molecule has 0 heterocycles. The molecular weight excluding hydrogens is 238 g/mol. The molecule has 0 bridgehead atoms. The fraction of sp³-hybridized carbons (Fsp3) is 0.778. The number of alkyl halides is 6. The minimum Gasteiger partial charge on any atom is -0.373 e. The molecule has 0 saturated heterocycles. The van der Waals surface area contributed by atoms with Crippen LogP contribution in [0.25, 0.3) is 0 Å². The molecule has 1 fully saturated rings. The van der Waals surface area contributed by atoms with Crippen LogP contribution in [0.4, 0.5) is 26.3 Å². The van der Waals surface area contributed by atoms with Gasteiger partial charge in [-0.05, 0) is 32.1 Å². The van der Waals surface area contributed by atoms with Gasteiger partial charge in [0.05, 0.1) is 0 Å². The topological polar surface area (TPSA) is 20.2 Å². The smallest absolute Gasteiger partial charge is 0.373 e. The summed E-state index contributed by atoms with van der Waals surface area (Å²) in [7, 11) is 0. The molecule has 0 aliphatic heterocycles. The van der Waals surface area contributed by atoms with Crippen LogP contribution >= 0.6 is 0 Å². The summed E-state index contributed by atoms with van der Waals surface area (Å²) in [4.78, 5) is 0. The Labute approximate surface area is 88.4 Å². The van der Waals surface area contributed by atoms with Gasteiger partial charge in [0.25, 0.3) is 5.60 Å². The fourth-order valence-corrected chi connectivity index (χ4v) is 1.77. The third-order valence-electron chi connectivity index (χ3n) is 2.69. The maximum absolute atomic E-state index is 12.4. The molecule has 16 heavy (non-hydrogen) atoms. The summed E-state index contributed by atoms with van der Waals surface area (Å²) < 4.78 is 74.3. The van der Waals surface area contributed by atoms with Crippen LogP contribution in [0, 0.1) is 18.8 Å². The molecule has 0 unspecified atom stereocenters. The summed E-state index contributed by atoms with van der Waals surface area (Å²) in [5.74, 6) is -1.89. The number of halogens is 6. The van der Waals surface area contributed by atoms with Gasteiger partial charge in [0.2, 0.25) is 0 Å². The first-order valence-electron chi connectivity index (χ1n) is 4.60. The van der Waals surface area contributed by atoms with Gasteiger partial charge in [-0.2, -0.15) is 26.3 Å². The van der Waals surface area contributed by atoms with Crippen molar-refractivity contribution in [1.82, 2.24) is 0 Å². The average Bonchev–Trinajstić information content (AvgIpc) is 2.14. The summed E-state index contributed by atoms with van der Waals surface area (Å²) in [5, 5.41) is 9.02. The van der Waals surface area contributed by atoms with E-state index in [2.05, 4.69) is 0 Å². The van der Waals surface area contributed by atoms with Gasteiger partial charge in [-0.15, -0.1) is 0 Å². The van der Waals surface area contributed by atoms with Gasteiger partial charge < -0.3 is 5.11 Å². The van der Waals surface area contributed by atoms with Crippen LogP contribution in [0.3, 0.4) is 0 Å². The Morgan fingerprint density at radius 1 is 0.875 bits per heavy atom. The van der Waals surface area contributed by atoms with Gasteiger partial charge in [0, 0.05) is 5.92 Å². The number of hydrogen-bond acceptors (Lipinski definition) is 1. The second kappa shape index (κ2) is 4.09. The van der Waals surface area contributed by atoms with Crippen LogP contribution in [0.15, 0.2) is 0 Å². The van der Waals surface area contributed by atoms with Gasteiger partial charge in [-0.1, -0.05) is 0 Å². The maximum Gasteiger partial charge on any atom is 0.426 e. The number of hydrogen-bond donors (Lipinski definition) is 1. The highest BCUT2D eigenvalue weighted by Crippen LogP contribution is 2.51. The van der Waals surface area contributed by atoms with Crippen LogP contribution in [0.5, 0.6) is 0 Å². The van der Waals surface area contributed by atoms with Crippen LogP contribution in [-0.2, 0) is 0 Å². The molecular formula is C9H10F6O. The quantitative estimate of drug-likeness (QED) is 0.707. The normalized spacial score (nSPS) is 21.2. The van der Waals surface area contributed by atoms with E-state index in [4.69, 9.17) is 5.11 Å². The van der Waals surface area contributed by atoms with Gasteiger partial charge in [-0.3, -0.25) is 0 Å². The molecule has 1 nitrogen and oxygen atoms in total. The zero-order valence-electron chi connectivity index (χ0n) is 8.07. The minimum atomic E-state index is -5.71. The molecule has 0 spiro atoms. The van der Waals surface area contributed by atoms with Crippen molar-refractivity contribution in [3.05, 3.63) is 12.8 Å². The van der Waals surface area contributed by atoms with Crippen molar-refractivity contribution in [1.29, 1.82) is 0 Å². The average molecular weight is 248 g/mol. The zero-order valence-corrected chi connectivity index (χ0v) is 8.07. The molecule has 94 valence electrons. The molecule has 0 atom stereocenters. The van der Waals surface area contributed by atoms with Crippen molar-refractivity contribution in [2.24, 2.45) is 5.92 Å². The van der Waals surface area contributed by atoms with Gasteiger partial charge >= 0.3 is 12.4 Å². The molecule has 0 aromatic rings. The largest absolute Gasteiger partial charge is 0.426 e. The lowest BCUT2D eigenvalue weighted by atomic mass is 9.76. The molecule has 1 aliphatic carbocycles. The number of aliphatic hydroxyl groups is 1. The van der Waals surface area contributed by atoms with Gasteiger partial charge in [0.15, 0.2) is 0 Å². The molecule has 1 rings (SSSR count). The molecule has 1 N–H and O–H groups in total. The molecule has 7 heteroatoms. The fourth-order valence-electron chi connectivity index (χ4n) is 1.77. The molecule has 1 saturated carbocycles. The SMILES string of the molecule is OC(C1C[CH]C[CH]C1)(C(F)(F)F)C(F)(F)F. The second-order valence-electron chi connectivity index (χ2n) is 3.74. The Kier molecular flexibility index (Phi) is 3.47. The molecule has 1 aliphatic rings. The van der Waals surface area contributed by atoms with Crippen molar-refractivity contribution < 1.29 is 31.4 Å². The summed E-state index contributed by atoms with van der Waals surface area (Å²) in [6, 6.07) is 0. The first-order chi connectivity index (χ1) is 7.11. The van der Waals surface area contributed by atoms with E-state index < -0.39 is 36.7 Å². The summed E-state index contributed by atoms with van der Waals surface area (Å²) >= 11 is 0. The zero-order chi connectivity index (χ0) is 12.6.